The second kappa shape index (κ2) is 9.62. The van der Waals surface area contributed by atoms with Gasteiger partial charge in [0.2, 0.25) is 0 Å². The molecule has 0 spiro atoms. The molecule has 4 heterocycles. The second-order valence-electron chi connectivity index (χ2n) is 10.1. The van der Waals surface area contributed by atoms with E-state index >= 15 is 0 Å². The van der Waals surface area contributed by atoms with Crippen molar-refractivity contribution in [3.63, 3.8) is 0 Å². The lowest BCUT2D eigenvalue weighted by Gasteiger charge is -2.28. The van der Waals surface area contributed by atoms with Gasteiger partial charge in [0, 0.05) is 43.9 Å². The van der Waals surface area contributed by atoms with Crippen LogP contribution in [-0.4, -0.2) is 59.5 Å². The Balaban J connectivity index is 1.16. The predicted octanol–water partition coefficient (Wildman–Crippen LogP) is 5.24. The minimum atomic E-state index is 0.0667. The number of carbonyl (C=O) groups excluding carboxylic acids is 1. The molecule has 7 heteroatoms. The van der Waals surface area contributed by atoms with E-state index in [9.17, 15) is 4.79 Å². The molecule has 2 aromatic carbocycles. The number of nitrogens with one attached hydrogen (secondary N) is 1. The van der Waals surface area contributed by atoms with Crippen LogP contribution >= 0.6 is 23.2 Å². The molecule has 6 rings (SSSR count). The van der Waals surface area contributed by atoms with Crippen molar-refractivity contribution in [2.75, 3.05) is 32.7 Å². The Morgan fingerprint density at radius 2 is 1.75 bits per heavy atom. The number of aryl methyl sites for hydroxylation is 1. The molecule has 4 aliphatic heterocycles. The number of halogens is 2. The van der Waals surface area contributed by atoms with E-state index in [0.717, 1.165) is 61.0 Å². The topological polar surface area (TPSA) is 38.8 Å². The highest BCUT2D eigenvalue weighted by Crippen LogP contribution is 2.36. The predicted molar refractivity (Wildman–Crippen MR) is 146 cm³/mol. The number of carbonyl (C=O) groups is 1. The van der Waals surface area contributed by atoms with Crippen molar-refractivity contribution in [1.29, 1.82) is 0 Å². The van der Waals surface area contributed by atoms with E-state index < -0.39 is 0 Å². The minimum absolute atomic E-state index is 0.0667. The van der Waals surface area contributed by atoms with E-state index in [0.29, 0.717) is 22.4 Å². The molecule has 2 saturated heterocycles. The quantitative estimate of drug-likeness (QED) is 0.584. The van der Waals surface area contributed by atoms with E-state index in [4.69, 9.17) is 23.2 Å². The summed E-state index contributed by atoms with van der Waals surface area (Å²) < 4.78 is 0. The van der Waals surface area contributed by atoms with E-state index in [1.54, 1.807) is 0 Å². The zero-order valence-electron chi connectivity index (χ0n) is 20.3. The molecule has 0 bridgehead atoms. The van der Waals surface area contributed by atoms with Gasteiger partial charge in [-0.05, 0) is 65.8 Å². The first-order valence-corrected chi connectivity index (χ1v) is 13.4. The van der Waals surface area contributed by atoms with Gasteiger partial charge >= 0.3 is 0 Å². The first-order chi connectivity index (χ1) is 17.5. The minimum Gasteiger partial charge on any atom is -0.360 e. The van der Waals surface area contributed by atoms with Crippen LogP contribution in [0.15, 0.2) is 72.6 Å². The first kappa shape index (κ1) is 23.7. The Morgan fingerprint density at radius 3 is 2.47 bits per heavy atom. The Morgan fingerprint density at radius 1 is 1.00 bits per heavy atom. The Bertz CT molecular complexity index is 1250. The smallest absolute Gasteiger partial charge is 0.255 e. The lowest BCUT2D eigenvalue weighted by molar-refractivity contribution is 0.0774. The fourth-order valence-electron chi connectivity index (χ4n) is 5.98. The fraction of sp³-hybridized carbons (Fsp3) is 0.345. The van der Waals surface area contributed by atoms with Gasteiger partial charge in [0.25, 0.3) is 5.91 Å². The number of amides is 1. The largest absolute Gasteiger partial charge is 0.360 e. The maximum absolute atomic E-state index is 13.3. The highest BCUT2D eigenvalue weighted by atomic mass is 35.5. The number of rotatable bonds is 5. The van der Waals surface area contributed by atoms with Crippen LogP contribution in [0.2, 0.25) is 10.0 Å². The van der Waals surface area contributed by atoms with E-state index in [1.807, 2.05) is 35.2 Å². The van der Waals surface area contributed by atoms with Gasteiger partial charge in [0.15, 0.2) is 0 Å². The number of benzene rings is 2. The van der Waals surface area contributed by atoms with E-state index in [1.165, 1.54) is 5.70 Å². The molecule has 0 aliphatic carbocycles. The summed E-state index contributed by atoms with van der Waals surface area (Å²) in [5.74, 6) is 1.05. The number of hydrogen-bond acceptors (Lipinski definition) is 4. The third-order valence-corrected chi connectivity index (χ3v) is 8.45. The average molecular weight is 521 g/mol. The summed E-state index contributed by atoms with van der Waals surface area (Å²) in [7, 11) is 0. The van der Waals surface area contributed by atoms with Gasteiger partial charge in [-0.1, -0.05) is 54.4 Å². The summed E-state index contributed by atoms with van der Waals surface area (Å²) in [4.78, 5) is 20.2. The number of fused-ring (bicyclic) bond motifs is 2. The molecule has 4 aliphatic rings. The molecule has 0 radical (unpaired) electrons. The molecule has 0 aromatic heterocycles. The zero-order chi connectivity index (χ0) is 24.8. The van der Waals surface area contributed by atoms with Crippen molar-refractivity contribution in [3.05, 3.63) is 99.3 Å². The van der Waals surface area contributed by atoms with Gasteiger partial charge in [-0.3, -0.25) is 9.69 Å². The number of hydrogen-bond donors (Lipinski definition) is 1. The summed E-state index contributed by atoms with van der Waals surface area (Å²) >= 11 is 12.6. The van der Waals surface area contributed by atoms with Gasteiger partial charge in [-0.25, -0.2) is 0 Å². The molecular weight excluding hydrogens is 491 g/mol. The molecule has 1 amide bonds. The average Bonchev–Trinajstić information content (AvgIpc) is 3.57. The third kappa shape index (κ3) is 4.34. The van der Waals surface area contributed by atoms with Crippen LogP contribution in [0.3, 0.4) is 0 Å². The monoisotopic (exact) mass is 520 g/mol. The van der Waals surface area contributed by atoms with Crippen LogP contribution in [0.5, 0.6) is 0 Å². The number of allylic oxidation sites excluding steroid dienone is 2. The fourth-order valence-corrected chi connectivity index (χ4v) is 6.31. The second-order valence-corrected chi connectivity index (χ2v) is 11.0. The van der Waals surface area contributed by atoms with Gasteiger partial charge in [-0.2, -0.15) is 0 Å². The summed E-state index contributed by atoms with van der Waals surface area (Å²) in [6.07, 6.45) is 9.54. The van der Waals surface area contributed by atoms with Crippen LogP contribution in [0.1, 0.15) is 28.4 Å². The van der Waals surface area contributed by atoms with Crippen LogP contribution in [0, 0.1) is 11.8 Å². The van der Waals surface area contributed by atoms with Crippen molar-refractivity contribution in [2.24, 2.45) is 11.8 Å². The molecule has 3 atom stereocenters. The van der Waals surface area contributed by atoms with Crippen LogP contribution in [0.4, 0.5) is 0 Å². The van der Waals surface area contributed by atoms with Crippen molar-refractivity contribution in [1.82, 2.24) is 20.0 Å². The van der Waals surface area contributed by atoms with Crippen LogP contribution in [-0.2, 0) is 6.42 Å². The van der Waals surface area contributed by atoms with Crippen molar-refractivity contribution in [3.8, 4) is 0 Å². The van der Waals surface area contributed by atoms with Gasteiger partial charge in [0.05, 0.1) is 22.0 Å². The highest BCUT2D eigenvalue weighted by Gasteiger charge is 2.43. The van der Waals surface area contributed by atoms with E-state index in [-0.39, 0.29) is 12.1 Å². The van der Waals surface area contributed by atoms with Gasteiger partial charge in [0.1, 0.15) is 6.17 Å². The van der Waals surface area contributed by atoms with Gasteiger partial charge < -0.3 is 15.1 Å². The number of likely N-dealkylation sites (tertiary alicyclic amines) is 2. The molecule has 1 N–H and O–H groups in total. The van der Waals surface area contributed by atoms with Crippen molar-refractivity contribution < 1.29 is 4.79 Å². The van der Waals surface area contributed by atoms with Crippen molar-refractivity contribution >= 4 is 34.8 Å². The number of nitrogens with zero attached hydrogens (tertiary/aromatic N) is 3. The Kier molecular flexibility index (Phi) is 6.32. The molecule has 5 nitrogen and oxygen atoms in total. The van der Waals surface area contributed by atoms with Crippen LogP contribution < -0.4 is 5.32 Å². The third-order valence-electron chi connectivity index (χ3n) is 7.87. The molecule has 36 heavy (non-hydrogen) atoms. The zero-order valence-corrected chi connectivity index (χ0v) is 21.8. The molecular formula is C29H30Cl2N4O. The lowest BCUT2D eigenvalue weighted by Crippen LogP contribution is -2.37. The van der Waals surface area contributed by atoms with Crippen molar-refractivity contribution in [2.45, 2.75) is 19.5 Å². The normalized spacial score (nSPS) is 24.9. The maximum atomic E-state index is 13.3. The van der Waals surface area contributed by atoms with Crippen LogP contribution in [0.25, 0.3) is 5.70 Å². The maximum Gasteiger partial charge on any atom is 0.255 e. The standard InChI is InChI=1S/C29H30Cl2N4O/c1-2-19-6-11-25(31)24(13-19)29(36)34-16-21-14-33(15-22(21)17-34)18-26-28(20-7-9-23(30)10-8-20)32-27-5-3-4-12-35(26)27/h3-13,21-22,27,32H,2,14-18H2,1H3. The molecule has 0 saturated carbocycles. The molecule has 2 aromatic rings. The van der Waals surface area contributed by atoms with E-state index in [2.05, 4.69) is 58.6 Å². The lowest BCUT2D eigenvalue weighted by atomic mass is 10.0. The first-order valence-electron chi connectivity index (χ1n) is 12.7. The highest BCUT2D eigenvalue weighted by molar-refractivity contribution is 6.33. The summed E-state index contributed by atoms with van der Waals surface area (Å²) in [6.45, 7) is 6.54. The summed E-state index contributed by atoms with van der Waals surface area (Å²) in [5.41, 5.74) is 5.36. The van der Waals surface area contributed by atoms with Gasteiger partial charge in [-0.15, -0.1) is 0 Å². The molecule has 2 fully saturated rings. The Labute approximate surface area is 222 Å². The molecule has 186 valence electrons. The molecule has 3 unspecified atom stereocenters. The Hall–Kier alpha value is -2.73. The summed E-state index contributed by atoms with van der Waals surface area (Å²) in [5, 5.41) is 4.98. The SMILES string of the molecule is CCc1ccc(Cl)c(C(=O)N2CC3CN(CC4=C(c5ccc(Cl)cc5)NC5C=CC=CN45)CC3C2)c1. The summed E-state index contributed by atoms with van der Waals surface area (Å²) in [6, 6.07) is 13.9.